The quantitative estimate of drug-likeness (QED) is 0.849. The smallest absolute Gasteiger partial charge is 0.242 e. The molecule has 24 heavy (non-hydrogen) atoms. The molecule has 1 heterocycles. The third-order valence-electron chi connectivity index (χ3n) is 4.04. The lowest BCUT2D eigenvalue weighted by Gasteiger charge is -2.26. The molecule has 0 aliphatic carbocycles. The largest absolute Gasteiger partial charge is 0.363 e. The molecule has 1 aromatic carbocycles. The Morgan fingerprint density at radius 1 is 1.12 bits per heavy atom. The van der Waals surface area contributed by atoms with Gasteiger partial charge in [0.15, 0.2) is 0 Å². The summed E-state index contributed by atoms with van der Waals surface area (Å²) in [4.78, 5) is 21.1. The fraction of sp³-hybridized carbons (Fsp3) is 0.368. The third-order valence-corrected chi connectivity index (χ3v) is 4.04. The summed E-state index contributed by atoms with van der Waals surface area (Å²) in [5.74, 6) is 0.903. The second kappa shape index (κ2) is 8.45. The Labute approximate surface area is 144 Å². The average molecular weight is 326 g/mol. The van der Waals surface area contributed by atoms with E-state index in [1.54, 1.807) is 6.20 Å². The maximum atomic E-state index is 12.7. The summed E-state index contributed by atoms with van der Waals surface area (Å²) in [5, 5.41) is 3.03. The van der Waals surface area contributed by atoms with Crippen LogP contribution in [0.2, 0.25) is 0 Å². The van der Waals surface area contributed by atoms with Crippen molar-refractivity contribution >= 4 is 11.7 Å². The van der Waals surface area contributed by atoms with Crippen molar-refractivity contribution in [3.05, 3.63) is 59.8 Å². The summed E-state index contributed by atoms with van der Waals surface area (Å²) in [7, 11) is 5.87. The van der Waals surface area contributed by atoms with Crippen molar-refractivity contribution in [2.75, 3.05) is 32.6 Å². The normalized spacial score (nSPS) is 12.0. The molecular formula is C19H26N4O. The first-order chi connectivity index (χ1) is 11.5. The molecule has 1 atom stereocenters. The van der Waals surface area contributed by atoms with E-state index in [1.165, 1.54) is 0 Å². The van der Waals surface area contributed by atoms with E-state index in [0.29, 0.717) is 6.54 Å². The summed E-state index contributed by atoms with van der Waals surface area (Å²) in [6.07, 6.45) is 1.80. The predicted molar refractivity (Wildman–Crippen MR) is 97.9 cm³/mol. The molecule has 5 nitrogen and oxygen atoms in total. The third kappa shape index (κ3) is 4.55. The van der Waals surface area contributed by atoms with Gasteiger partial charge in [0.2, 0.25) is 5.91 Å². The van der Waals surface area contributed by atoms with E-state index in [0.717, 1.165) is 23.5 Å². The first-order valence-electron chi connectivity index (χ1n) is 8.18. The number of carbonyl (C=O) groups excluding carboxylic acids is 1. The maximum absolute atomic E-state index is 12.7. The van der Waals surface area contributed by atoms with E-state index >= 15 is 0 Å². The van der Waals surface area contributed by atoms with Gasteiger partial charge in [0.05, 0.1) is 0 Å². The number of pyridine rings is 1. The number of aromatic nitrogens is 1. The van der Waals surface area contributed by atoms with Crippen LogP contribution in [0, 0.1) is 0 Å². The summed E-state index contributed by atoms with van der Waals surface area (Å²) in [6, 6.07) is 13.5. The van der Waals surface area contributed by atoms with Gasteiger partial charge in [0.25, 0.3) is 0 Å². The SMILES string of the molecule is CCN(C)[C@@H](C(=O)NCc1ccc(N(C)C)nc1)c1ccccc1. The van der Waals surface area contributed by atoms with Gasteiger partial charge >= 0.3 is 0 Å². The minimum Gasteiger partial charge on any atom is -0.363 e. The van der Waals surface area contributed by atoms with Crippen molar-refractivity contribution in [1.82, 2.24) is 15.2 Å². The fourth-order valence-corrected chi connectivity index (χ4v) is 2.50. The molecule has 0 fully saturated rings. The van der Waals surface area contributed by atoms with Gasteiger partial charge in [0.1, 0.15) is 11.9 Å². The van der Waals surface area contributed by atoms with Crippen LogP contribution in [0.15, 0.2) is 48.7 Å². The van der Waals surface area contributed by atoms with Crippen molar-refractivity contribution in [3.63, 3.8) is 0 Å². The minimum atomic E-state index is -0.287. The second-order valence-electron chi connectivity index (χ2n) is 6.02. The molecule has 0 aliphatic rings. The molecule has 1 amide bonds. The van der Waals surface area contributed by atoms with Crippen LogP contribution < -0.4 is 10.2 Å². The standard InChI is InChI=1S/C19H26N4O/c1-5-23(4)18(16-9-7-6-8-10-16)19(24)21-14-15-11-12-17(20-13-15)22(2)3/h6-13,18H,5,14H2,1-4H3,(H,21,24)/t18-/m1/s1. The second-order valence-corrected chi connectivity index (χ2v) is 6.02. The number of nitrogens with one attached hydrogen (secondary N) is 1. The van der Waals surface area contributed by atoms with Gasteiger partial charge in [0, 0.05) is 26.8 Å². The van der Waals surface area contributed by atoms with E-state index in [2.05, 4.69) is 10.3 Å². The van der Waals surface area contributed by atoms with Gasteiger partial charge in [-0.25, -0.2) is 4.98 Å². The molecule has 1 aromatic heterocycles. The maximum Gasteiger partial charge on any atom is 0.242 e. The molecular weight excluding hydrogens is 300 g/mol. The number of benzene rings is 1. The van der Waals surface area contributed by atoms with Crippen LogP contribution in [0.1, 0.15) is 24.1 Å². The van der Waals surface area contributed by atoms with Crippen molar-refractivity contribution in [2.24, 2.45) is 0 Å². The van der Waals surface area contributed by atoms with Crippen LogP contribution in [0.25, 0.3) is 0 Å². The molecule has 0 radical (unpaired) electrons. The van der Waals surface area contributed by atoms with Crippen LogP contribution >= 0.6 is 0 Å². The van der Waals surface area contributed by atoms with Crippen LogP contribution in [0.3, 0.4) is 0 Å². The van der Waals surface area contributed by atoms with Crippen LogP contribution in [0.5, 0.6) is 0 Å². The lowest BCUT2D eigenvalue weighted by Crippen LogP contribution is -2.38. The van der Waals surface area contributed by atoms with E-state index < -0.39 is 0 Å². The lowest BCUT2D eigenvalue weighted by molar-refractivity contribution is -0.126. The summed E-state index contributed by atoms with van der Waals surface area (Å²) in [6.45, 7) is 3.32. The molecule has 1 N–H and O–H groups in total. The van der Waals surface area contributed by atoms with E-state index in [4.69, 9.17) is 0 Å². The topological polar surface area (TPSA) is 48.5 Å². The van der Waals surface area contributed by atoms with Gasteiger partial charge in [-0.1, -0.05) is 43.3 Å². The molecule has 0 bridgehead atoms. The number of hydrogen-bond acceptors (Lipinski definition) is 4. The number of amides is 1. The Bertz CT molecular complexity index is 640. The molecule has 128 valence electrons. The number of nitrogens with zero attached hydrogens (tertiary/aromatic N) is 3. The van der Waals surface area contributed by atoms with Gasteiger partial charge in [-0.2, -0.15) is 0 Å². The summed E-state index contributed by atoms with van der Waals surface area (Å²) >= 11 is 0. The van der Waals surface area contributed by atoms with Gasteiger partial charge in [-0.3, -0.25) is 9.69 Å². The molecule has 5 heteroatoms. The molecule has 0 saturated carbocycles. The number of hydrogen-bond donors (Lipinski definition) is 1. The number of anilines is 1. The molecule has 0 saturated heterocycles. The van der Waals surface area contributed by atoms with Gasteiger partial charge < -0.3 is 10.2 Å². The highest BCUT2D eigenvalue weighted by molar-refractivity contribution is 5.83. The highest BCUT2D eigenvalue weighted by atomic mass is 16.2. The van der Waals surface area contributed by atoms with Crippen molar-refractivity contribution in [3.8, 4) is 0 Å². The Kier molecular flexibility index (Phi) is 6.32. The Morgan fingerprint density at radius 2 is 1.83 bits per heavy atom. The molecule has 0 unspecified atom stereocenters. The highest BCUT2D eigenvalue weighted by Crippen LogP contribution is 2.19. The first-order valence-corrected chi connectivity index (χ1v) is 8.18. The predicted octanol–water partition coefficient (Wildman–Crippen LogP) is 2.46. The fourth-order valence-electron chi connectivity index (χ4n) is 2.50. The van der Waals surface area contributed by atoms with Crippen molar-refractivity contribution < 1.29 is 4.79 Å². The average Bonchev–Trinajstić information content (AvgIpc) is 2.61. The first kappa shape index (κ1) is 17.9. The van der Waals surface area contributed by atoms with Gasteiger partial charge in [-0.05, 0) is 30.8 Å². The zero-order valence-corrected chi connectivity index (χ0v) is 14.9. The Balaban J connectivity index is 2.05. The molecule has 2 aromatic rings. The molecule has 0 spiro atoms. The lowest BCUT2D eigenvalue weighted by atomic mass is 10.0. The Hall–Kier alpha value is -2.40. The summed E-state index contributed by atoms with van der Waals surface area (Å²) < 4.78 is 0. The highest BCUT2D eigenvalue weighted by Gasteiger charge is 2.23. The minimum absolute atomic E-state index is 0.00207. The van der Waals surface area contributed by atoms with E-state index in [1.807, 2.05) is 80.3 Å². The number of carbonyl (C=O) groups is 1. The monoisotopic (exact) mass is 326 g/mol. The number of likely N-dealkylation sites (N-methyl/N-ethyl adjacent to an activating group) is 1. The van der Waals surface area contributed by atoms with Crippen LogP contribution in [-0.4, -0.2) is 43.5 Å². The number of rotatable bonds is 7. The zero-order valence-electron chi connectivity index (χ0n) is 14.9. The van der Waals surface area contributed by atoms with Crippen molar-refractivity contribution in [1.29, 1.82) is 0 Å². The summed E-state index contributed by atoms with van der Waals surface area (Å²) in [5.41, 5.74) is 1.99. The molecule has 2 rings (SSSR count). The zero-order chi connectivity index (χ0) is 17.5. The van der Waals surface area contributed by atoms with Gasteiger partial charge in [-0.15, -0.1) is 0 Å². The van der Waals surface area contributed by atoms with E-state index in [-0.39, 0.29) is 11.9 Å². The molecule has 0 aliphatic heterocycles. The van der Waals surface area contributed by atoms with Crippen LogP contribution in [-0.2, 0) is 11.3 Å². The Morgan fingerprint density at radius 3 is 2.38 bits per heavy atom. The van der Waals surface area contributed by atoms with E-state index in [9.17, 15) is 4.79 Å². The van der Waals surface area contributed by atoms with Crippen molar-refractivity contribution in [2.45, 2.75) is 19.5 Å². The van der Waals surface area contributed by atoms with Crippen LogP contribution in [0.4, 0.5) is 5.82 Å².